The van der Waals surface area contributed by atoms with Crippen molar-refractivity contribution in [2.24, 2.45) is 0 Å². The van der Waals surface area contributed by atoms with Crippen molar-refractivity contribution in [1.29, 1.82) is 0 Å². The van der Waals surface area contributed by atoms with Crippen LogP contribution >= 0.6 is 0 Å². The van der Waals surface area contributed by atoms with Crippen LogP contribution in [-0.4, -0.2) is 38.1 Å². The number of aromatic nitrogens is 4. The molecule has 1 fully saturated rings. The van der Waals surface area contributed by atoms with Gasteiger partial charge in [-0.3, -0.25) is 9.59 Å². The average Bonchev–Trinajstić information content (AvgIpc) is 3.19. The second kappa shape index (κ2) is 6.55. The van der Waals surface area contributed by atoms with E-state index in [9.17, 15) is 9.59 Å². The van der Waals surface area contributed by atoms with Gasteiger partial charge in [-0.1, -0.05) is 18.9 Å². The number of benzene rings is 1. The van der Waals surface area contributed by atoms with E-state index in [4.69, 9.17) is 0 Å². The van der Waals surface area contributed by atoms with Gasteiger partial charge in [0.05, 0.1) is 5.69 Å². The summed E-state index contributed by atoms with van der Waals surface area (Å²) in [6, 6.07) is 7.12. The zero-order chi connectivity index (χ0) is 16.2. The number of hydrogen-bond acceptors (Lipinski definition) is 5. The maximum atomic E-state index is 12.0. The number of nitrogens with zero attached hydrogens (tertiary/aromatic N) is 4. The number of hydrogen-bond donors (Lipinski definition) is 2. The molecule has 0 bridgehead atoms. The molecule has 1 aromatic heterocycles. The zero-order valence-electron chi connectivity index (χ0n) is 12.8. The van der Waals surface area contributed by atoms with Gasteiger partial charge in [-0.05, 0) is 48.4 Å². The number of rotatable bonds is 3. The normalized spacial score (nSPS) is 14.7. The zero-order valence-corrected chi connectivity index (χ0v) is 12.8. The third-order valence-electron chi connectivity index (χ3n) is 3.87. The van der Waals surface area contributed by atoms with Gasteiger partial charge in [0.25, 0.3) is 0 Å². The minimum absolute atomic E-state index is 0.114. The van der Waals surface area contributed by atoms with Crippen LogP contribution in [0.25, 0.3) is 5.69 Å². The van der Waals surface area contributed by atoms with Crippen LogP contribution in [0.15, 0.2) is 24.3 Å². The Morgan fingerprint density at radius 2 is 2.00 bits per heavy atom. The van der Waals surface area contributed by atoms with Gasteiger partial charge < -0.3 is 10.6 Å². The van der Waals surface area contributed by atoms with Crippen molar-refractivity contribution in [3.63, 3.8) is 0 Å². The summed E-state index contributed by atoms with van der Waals surface area (Å²) in [5, 5.41) is 16.6. The fraction of sp³-hybridized carbons (Fsp3) is 0.400. The Morgan fingerprint density at radius 3 is 2.70 bits per heavy atom. The summed E-state index contributed by atoms with van der Waals surface area (Å²) in [4.78, 5) is 23.9. The summed E-state index contributed by atoms with van der Waals surface area (Å²) in [6.45, 7) is 1.78. The predicted molar refractivity (Wildman–Crippen MR) is 82.9 cm³/mol. The van der Waals surface area contributed by atoms with Gasteiger partial charge in [0.1, 0.15) is 0 Å². The number of tetrazole rings is 1. The van der Waals surface area contributed by atoms with E-state index in [1.54, 1.807) is 29.8 Å². The van der Waals surface area contributed by atoms with Crippen molar-refractivity contribution in [3.05, 3.63) is 30.1 Å². The molecule has 2 N–H and O–H groups in total. The summed E-state index contributed by atoms with van der Waals surface area (Å²) >= 11 is 0. The molecule has 1 aliphatic carbocycles. The Bertz CT molecular complexity index is 720. The standard InChI is InChI=1S/C15H18N6O2/c1-10-18-19-20-21(10)13-8-4-7-12(9-13)17-15(23)14(22)16-11-5-2-3-6-11/h4,7-9,11H,2-3,5-6H2,1H3,(H,16,22)(H,17,23). The van der Waals surface area contributed by atoms with E-state index in [0.717, 1.165) is 25.7 Å². The second-order valence-corrected chi connectivity index (χ2v) is 5.60. The van der Waals surface area contributed by atoms with Crippen LogP contribution in [0.4, 0.5) is 5.69 Å². The summed E-state index contributed by atoms with van der Waals surface area (Å²) < 4.78 is 1.55. The molecule has 1 heterocycles. The van der Waals surface area contributed by atoms with Crippen molar-refractivity contribution >= 4 is 17.5 Å². The van der Waals surface area contributed by atoms with Crippen LogP contribution in [-0.2, 0) is 9.59 Å². The maximum absolute atomic E-state index is 12.0. The van der Waals surface area contributed by atoms with Crippen molar-refractivity contribution in [1.82, 2.24) is 25.5 Å². The highest BCUT2D eigenvalue weighted by Crippen LogP contribution is 2.18. The first-order valence-corrected chi connectivity index (χ1v) is 7.61. The fourth-order valence-electron chi connectivity index (χ4n) is 2.69. The van der Waals surface area contributed by atoms with Gasteiger partial charge >= 0.3 is 11.8 Å². The molecule has 2 aromatic rings. The molecule has 8 nitrogen and oxygen atoms in total. The highest BCUT2D eigenvalue weighted by atomic mass is 16.2. The topological polar surface area (TPSA) is 102 Å². The van der Waals surface area contributed by atoms with Crippen LogP contribution in [0, 0.1) is 6.92 Å². The number of amides is 2. The first-order chi connectivity index (χ1) is 11.1. The van der Waals surface area contributed by atoms with Crippen LogP contribution in [0.1, 0.15) is 31.5 Å². The Balaban J connectivity index is 1.66. The molecule has 23 heavy (non-hydrogen) atoms. The molecule has 0 spiro atoms. The van der Waals surface area contributed by atoms with E-state index in [2.05, 4.69) is 26.2 Å². The number of carbonyl (C=O) groups excluding carboxylic acids is 2. The third kappa shape index (κ3) is 3.53. The minimum atomic E-state index is -0.664. The summed E-state index contributed by atoms with van der Waals surface area (Å²) in [5.74, 6) is -0.629. The molecule has 120 valence electrons. The van der Waals surface area contributed by atoms with Gasteiger partial charge in [0.2, 0.25) is 0 Å². The molecule has 0 radical (unpaired) electrons. The highest BCUT2D eigenvalue weighted by molar-refractivity contribution is 6.39. The van der Waals surface area contributed by atoms with Gasteiger partial charge in [0.15, 0.2) is 5.82 Å². The molecule has 2 amide bonds. The van der Waals surface area contributed by atoms with Crippen LogP contribution < -0.4 is 10.6 Å². The Labute approximate surface area is 133 Å². The maximum Gasteiger partial charge on any atom is 0.313 e. The van der Waals surface area contributed by atoms with Crippen molar-refractivity contribution in [2.75, 3.05) is 5.32 Å². The predicted octanol–water partition coefficient (Wildman–Crippen LogP) is 0.968. The van der Waals surface area contributed by atoms with E-state index in [1.165, 1.54) is 0 Å². The Hall–Kier alpha value is -2.77. The third-order valence-corrected chi connectivity index (χ3v) is 3.87. The van der Waals surface area contributed by atoms with Crippen LogP contribution in [0.3, 0.4) is 0 Å². The van der Waals surface area contributed by atoms with E-state index in [0.29, 0.717) is 17.2 Å². The molecule has 0 unspecified atom stereocenters. The van der Waals surface area contributed by atoms with E-state index >= 15 is 0 Å². The lowest BCUT2D eigenvalue weighted by Crippen LogP contribution is -2.40. The van der Waals surface area contributed by atoms with Gasteiger partial charge in [0, 0.05) is 11.7 Å². The second-order valence-electron chi connectivity index (χ2n) is 5.60. The smallest absolute Gasteiger partial charge is 0.313 e. The summed E-state index contributed by atoms with van der Waals surface area (Å²) in [5.41, 5.74) is 1.23. The monoisotopic (exact) mass is 314 g/mol. The molecule has 8 heteroatoms. The number of nitrogens with one attached hydrogen (secondary N) is 2. The molecular formula is C15H18N6O2. The lowest BCUT2D eigenvalue weighted by Gasteiger charge is -2.12. The Kier molecular flexibility index (Phi) is 4.31. The summed E-state index contributed by atoms with van der Waals surface area (Å²) in [6.07, 6.45) is 4.07. The van der Waals surface area contributed by atoms with Gasteiger partial charge in [-0.2, -0.15) is 4.68 Å². The highest BCUT2D eigenvalue weighted by Gasteiger charge is 2.21. The van der Waals surface area contributed by atoms with Gasteiger partial charge in [-0.25, -0.2) is 0 Å². The molecule has 0 aliphatic heterocycles. The lowest BCUT2D eigenvalue weighted by atomic mass is 10.2. The number of aryl methyl sites for hydroxylation is 1. The number of carbonyl (C=O) groups is 2. The molecule has 1 aliphatic rings. The van der Waals surface area contributed by atoms with E-state index in [1.807, 2.05) is 6.07 Å². The van der Waals surface area contributed by atoms with Crippen LogP contribution in [0.2, 0.25) is 0 Å². The average molecular weight is 314 g/mol. The first kappa shape index (κ1) is 15.1. The van der Waals surface area contributed by atoms with Crippen molar-refractivity contribution < 1.29 is 9.59 Å². The molecule has 0 saturated heterocycles. The van der Waals surface area contributed by atoms with Crippen molar-refractivity contribution in [3.8, 4) is 5.69 Å². The summed E-state index contributed by atoms with van der Waals surface area (Å²) in [7, 11) is 0. The van der Waals surface area contributed by atoms with Crippen molar-refractivity contribution in [2.45, 2.75) is 38.6 Å². The minimum Gasteiger partial charge on any atom is -0.345 e. The van der Waals surface area contributed by atoms with E-state index in [-0.39, 0.29) is 6.04 Å². The molecule has 0 atom stereocenters. The number of anilines is 1. The first-order valence-electron chi connectivity index (χ1n) is 7.61. The van der Waals surface area contributed by atoms with Gasteiger partial charge in [-0.15, -0.1) is 5.10 Å². The SMILES string of the molecule is Cc1nnnn1-c1cccc(NC(=O)C(=O)NC2CCCC2)c1. The Morgan fingerprint density at radius 1 is 1.22 bits per heavy atom. The molecular weight excluding hydrogens is 296 g/mol. The molecule has 1 aromatic carbocycles. The van der Waals surface area contributed by atoms with E-state index < -0.39 is 11.8 Å². The largest absolute Gasteiger partial charge is 0.345 e. The fourth-order valence-corrected chi connectivity index (χ4v) is 2.69. The van der Waals surface area contributed by atoms with Crippen LogP contribution in [0.5, 0.6) is 0 Å². The lowest BCUT2D eigenvalue weighted by molar-refractivity contribution is -0.136. The quantitative estimate of drug-likeness (QED) is 0.822. The molecule has 1 saturated carbocycles. The molecule has 3 rings (SSSR count).